The Morgan fingerprint density at radius 2 is 1.76 bits per heavy atom. The van der Waals surface area contributed by atoms with Gasteiger partial charge in [-0.05, 0) is 31.8 Å². The lowest BCUT2D eigenvalue weighted by Crippen LogP contribution is -2.20. The lowest BCUT2D eigenvalue weighted by atomic mass is 10.1. The van der Waals surface area contributed by atoms with Crippen LogP contribution in [-0.2, 0) is 0 Å². The van der Waals surface area contributed by atoms with Crippen LogP contribution in [0.15, 0.2) is 18.2 Å². The molecule has 0 aliphatic carbocycles. The molecule has 5 heteroatoms. The summed E-state index contributed by atoms with van der Waals surface area (Å²) >= 11 is 0. The topological polar surface area (TPSA) is 41.9 Å². The average molecular weight is 262 g/mol. The van der Waals surface area contributed by atoms with Crippen LogP contribution < -0.4 is 9.47 Å². The molecule has 4 nitrogen and oxygen atoms in total. The minimum atomic E-state index is -0.519. The maximum Gasteiger partial charge on any atom is 0.161 e. The van der Waals surface area contributed by atoms with E-state index in [4.69, 9.17) is 9.47 Å². The number of likely N-dealkylation sites (N-methyl/N-ethyl adjacent to an activating group) is 1. The summed E-state index contributed by atoms with van der Waals surface area (Å²) in [5, 5.41) is 9.94. The Bertz CT molecular complexity index is 345. The molecular formula is C12H20ClNO3. The van der Waals surface area contributed by atoms with Crippen molar-refractivity contribution in [2.24, 2.45) is 0 Å². The van der Waals surface area contributed by atoms with Crippen molar-refractivity contribution in [1.82, 2.24) is 4.90 Å². The third kappa shape index (κ3) is 4.42. The van der Waals surface area contributed by atoms with Crippen molar-refractivity contribution in [2.75, 3.05) is 34.9 Å². The number of aliphatic hydroxyl groups is 1. The molecule has 1 aromatic rings. The normalized spacial score (nSPS) is 11.9. The molecule has 1 N–H and O–H groups in total. The summed E-state index contributed by atoms with van der Waals surface area (Å²) in [5.41, 5.74) is 0.825. The number of hydrogen-bond donors (Lipinski definition) is 1. The third-order valence-corrected chi connectivity index (χ3v) is 2.33. The van der Waals surface area contributed by atoms with Gasteiger partial charge in [0.05, 0.1) is 20.3 Å². The molecule has 1 aromatic carbocycles. The van der Waals surface area contributed by atoms with Gasteiger partial charge in [0.2, 0.25) is 0 Å². The SMILES string of the molecule is COc1ccc(C(O)CN(C)C)cc1OC.Cl. The van der Waals surface area contributed by atoms with Gasteiger partial charge in [-0.1, -0.05) is 6.07 Å². The van der Waals surface area contributed by atoms with Gasteiger partial charge in [0, 0.05) is 6.54 Å². The molecule has 0 amide bonds. The molecule has 0 bridgehead atoms. The van der Waals surface area contributed by atoms with Crippen LogP contribution in [0.3, 0.4) is 0 Å². The summed E-state index contributed by atoms with van der Waals surface area (Å²) in [6.07, 6.45) is -0.519. The molecule has 1 rings (SSSR count). The second kappa shape index (κ2) is 7.37. The van der Waals surface area contributed by atoms with E-state index < -0.39 is 6.10 Å². The number of halogens is 1. The van der Waals surface area contributed by atoms with Gasteiger partial charge in [-0.25, -0.2) is 0 Å². The van der Waals surface area contributed by atoms with Gasteiger partial charge >= 0.3 is 0 Å². The zero-order valence-electron chi connectivity index (χ0n) is 10.6. The molecule has 0 fully saturated rings. The Morgan fingerprint density at radius 1 is 1.18 bits per heavy atom. The first-order valence-corrected chi connectivity index (χ1v) is 5.13. The minimum absolute atomic E-state index is 0. The van der Waals surface area contributed by atoms with Gasteiger partial charge < -0.3 is 19.5 Å². The van der Waals surface area contributed by atoms with Crippen molar-refractivity contribution < 1.29 is 14.6 Å². The van der Waals surface area contributed by atoms with E-state index in [-0.39, 0.29) is 12.4 Å². The fraction of sp³-hybridized carbons (Fsp3) is 0.500. The van der Waals surface area contributed by atoms with Crippen LogP contribution in [-0.4, -0.2) is 44.9 Å². The number of hydrogen-bond acceptors (Lipinski definition) is 4. The van der Waals surface area contributed by atoms with Gasteiger partial charge in [-0.3, -0.25) is 0 Å². The highest BCUT2D eigenvalue weighted by atomic mass is 35.5. The molecule has 1 atom stereocenters. The second-order valence-corrected chi connectivity index (χ2v) is 3.89. The predicted octanol–water partition coefficient (Wildman–Crippen LogP) is 1.72. The van der Waals surface area contributed by atoms with Crippen LogP contribution in [0.2, 0.25) is 0 Å². The van der Waals surface area contributed by atoms with E-state index >= 15 is 0 Å². The molecular weight excluding hydrogens is 242 g/mol. The zero-order valence-corrected chi connectivity index (χ0v) is 11.5. The van der Waals surface area contributed by atoms with Crippen molar-refractivity contribution in [3.63, 3.8) is 0 Å². The van der Waals surface area contributed by atoms with Crippen LogP contribution in [0.4, 0.5) is 0 Å². The molecule has 0 saturated heterocycles. The Hall–Kier alpha value is -0.970. The summed E-state index contributed by atoms with van der Waals surface area (Å²) in [4.78, 5) is 1.93. The lowest BCUT2D eigenvalue weighted by Gasteiger charge is -2.17. The van der Waals surface area contributed by atoms with E-state index in [0.29, 0.717) is 18.0 Å². The molecule has 17 heavy (non-hydrogen) atoms. The quantitative estimate of drug-likeness (QED) is 0.877. The van der Waals surface area contributed by atoms with Crippen LogP contribution in [0.5, 0.6) is 11.5 Å². The fourth-order valence-corrected chi connectivity index (χ4v) is 1.51. The van der Waals surface area contributed by atoms with Crippen molar-refractivity contribution in [3.05, 3.63) is 23.8 Å². The maximum atomic E-state index is 9.94. The minimum Gasteiger partial charge on any atom is -0.493 e. The monoisotopic (exact) mass is 261 g/mol. The smallest absolute Gasteiger partial charge is 0.161 e. The number of methoxy groups -OCH3 is 2. The van der Waals surface area contributed by atoms with Crippen LogP contribution in [0.1, 0.15) is 11.7 Å². The first kappa shape index (κ1) is 16.0. The Labute approximate surface area is 109 Å². The summed E-state index contributed by atoms with van der Waals surface area (Å²) in [6, 6.07) is 5.44. The van der Waals surface area contributed by atoms with Crippen molar-refractivity contribution in [2.45, 2.75) is 6.10 Å². The highest BCUT2D eigenvalue weighted by molar-refractivity contribution is 5.85. The van der Waals surface area contributed by atoms with E-state index in [1.165, 1.54) is 0 Å². The van der Waals surface area contributed by atoms with Crippen LogP contribution >= 0.6 is 12.4 Å². The largest absolute Gasteiger partial charge is 0.493 e. The lowest BCUT2D eigenvalue weighted by molar-refractivity contribution is 0.138. The van der Waals surface area contributed by atoms with Gasteiger partial charge in [0.25, 0.3) is 0 Å². The first-order chi connectivity index (χ1) is 7.58. The molecule has 0 radical (unpaired) electrons. The number of ether oxygens (including phenoxy) is 2. The molecule has 0 aromatic heterocycles. The number of rotatable bonds is 5. The number of aliphatic hydroxyl groups excluding tert-OH is 1. The summed E-state index contributed by atoms with van der Waals surface area (Å²) in [6.45, 7) is 0.579. The standard InChI is InChI=1S/C12H19NO3.ClH/c1-13(2)8-10(14)9-5-6-11(15-3)12(7-9)16-4;/h5-7,10,14H,8H2,1-4H3;1H. The van der Waals surface area contributed by atoms with Crippen LogP contribution in [0, 0.1) is 0 Å². The van der Waals surface area contributed by atoms with Crippen molar-refractivity contribution in [3.8, 4) is 11.5 Å². The second-order valence-electron chi connectivity index (χ2n) is 3.89. The zero-order chi connectivity index (χ0) is 12.1. The third-order valence-electron chi connectivity index (χ3n) is 2.33. The molecule has 0 aliphatic heterocycles. The Balaban J connectivity index is 0.00000256. The molecule has 0 spiro atoms. The number of nitrogens with zero attached hydrogens (tertiary/aromatic N) is 1. The first-order valence-electron chi connectivity index (χ1n) is 5.13. The maximum absolute atomic E-state index is 9.94. The molecule has 0 saturated carbocycles. The van der Waals surface area contributed by atoms with Crippen LogP contribution in [0.25, 0.3) is 0 Å². The molecule has 1 unspecified atom stereocenters. The van der Waals surface area contributed by atoms with E-state index in [1.54, 1.807) is 26.4 Å². The van der Waals surface area contributed by atoms with Crippen molar-refractivity contribution in [1.29, 1.82) is 0 Å². The van der Waals surface area contributed by atoms with E-state index in [0.717, 1.165) is 5.56 Å². The molecule has 0 aliphatic rings. The van der Waals surface area contributed by atoms with Gasteiger partial charge in [0.15, 0.2) is 11.5 Å². The Kier molecular flexibility index (Phi) is 6.95. The van der Waals surface area contributed by atoms with E-state index in [9.17, 15) is 5.11 Å². The highest BCUT2D eigenvalue weighted by Crippen LogP contribution is 2.29. The van der Waals surface area contributed by atoms with Gasteiger partial charge in [-0.2, -0.15) is 0 Å². The molecule has 0 heterocycles. The van der Waals surface area contributed by atoms with Gasteiger partial charge in [0.1, 0.15) is 0 Å². The summed E-state index contributed by atoms with van der Waals surface area (Å²) < 4.78 is 10.3. The van der Waals surface area contributed by atoms with E-state index in [2.05, 4.69) is 0 Å². The highest BCUT2D eigenvalue weighted by Gasteiger charge is 2.12. The van der Waals surface area contributed by atoms with Gasteiger partial charge in [-0.15, -0.1) is 12.4 Å². The van der Waals surface area contributed by atoms with Crippen molar-refractivity contribution >= 4 is 12.4 Å². The van der Waals surface area contributed by atoms with E-state index in [1.807, 2.05) is 25.1 Å². The Morgan fingerprint density at radius 3 is 2.24 bits per heavy atom. The predicted molar refractivity (Wildman–Crippen MR) is 70.3 cm³/mol. The number of benzene rings is 1. The summed E-state index contributed by atoms with van der Waals surface area (Å²) in [5.74, 6) is 1.31. The average Bonchev–Trinajstić information content (AvgIpc) is 2.27. The molecule has 98 valence electrons. The fourth-order valence-electron chi connectivity index (χ4n) is 1.51. The summed E-state index contributed by atoms with van der Waals surface area (Å²) in [7, 11) is 7.02.